The molecule has 5 atom stereocenters. The number of nitrogens with zero attached hydrogens (tertiary/aromatic N) is 1. The molecule has 7 nitrogen and oxygen atoms in total. The molecule has 1 aromatic carbocycles. The number of likely N-dealkylation sites (tertiary alicyclic amines) is 1. The number of fused-ring (bicyclic) bond motifs is 1. The first-order valence-electron chi connectivity index (χ1n) is 10.8. The molecule has 1 saturated carbocycles. The second-order valence-corrected chi connectivity index (χ2v) is 9.23. The minimum Gasteiger partial charge on any atom is -0.368 e. The highest BCUT2D eigenvalue weighted by Crippen LogP contribution is 2.48. The highest BCUT2D eigenvalue weighted by Gasteiger charge is 2.55. The number of benzene rings is 1. The molecule has 32 heavy (non-hydrogen) atoms. The van der Waals surface area contributed by atoms with Crippen molar-refractivity contribution in [3.05, 3.63) is 35.1 Å². The highest BCUT2D eigenvalue weighted by molar-refractivity contribution is 5.89. The zero-order chi connectivity index (χ0) is 23.7. The van der Waals surface area contributed by atoms with Gasteiger partial charge in [-0.1, -0.05) is 13.8 Å². The maximum atomic E-state index is 14.2. The van der Waals surface area contributed by atoms with E-state index in [1.54, 1.807) is 0 Å². The van der Waals surface area contributed by atoms with Gasteiger partial charge in [0.1, 0.15) is 11.9 Å². The van der Waals surface area contributed by atoms with Gasteiger partial charge in [-0.05, 0) is 49.1 Å². The Morgan fingerprint density at radius 3 is 2.41 bits per heavy atom. The second kappa shape index (κ2) is 9.48. The molecule has 176 valence electrons. The van der Waals surface area contributed by atoms with Gasteiger partial charge in [-0.25, -0.2) is 13.2 Å². The molecule has 10 heteroatoms. The molecule has 2 aliphatic rings. The quantitative estimate of drug-likeness (QED) is 0.489. The third-order valence-corrected chi connectivity index (χ3v) is 6.11. The van der Waals surface area contributed by atoms with Crippen LogP contribution in [0.1, 0.15) is 45.1 Å². The predicted molar refractivity (Wildman–Crippen MR) is 110 cm³/mol. The van der Waals surface area contributed by atoms with Crippen LogP contribution in [0, 0.1) is 29.3 Å². The summed E-state index contributed by atoms with van der Waals surface area (Å²) in [7, 11) is 0. The third-order valence-electron chi connectivity index (χ3n) is 6.11. The minimum absolute atomic E-state index is 0.0699. The molecule has 3 rings (SSSR count). The minimum atomic E-state index is -1.33. The Bertz CT molecular complexity index is 911. The zero-order valence-electron chi connectivity index (χ0n) is 18.1. The van der Waals surface area contributed by atoms with Crippen LogP contribution in [0.25, 0.3) is 0 Å². The maximum Gasteiger partial charge on any atom is 0.240 e. The summed E-state index contributed by atoms with van der Waals surface area (Å²) in [6.07, 6.45) is 1.17. The van der Waals surface area contributed by atoms with E-state index in [9.17, 15) is 27.6 Å². The van der Waals surface area contributed by atoms with Crippen LogP contribution < -0.4 is 16.8 Å². The number of hydrogen-bond acceptors (Lipinski definition) is 4. The fourth-order valence-electron chi connectivity index (χ4n) is 4.47. The Labute approximate surface area is 184 Å². The van der Waals surface area contributed by atoms with Crippen LogP contribution in [-0.2, 0) is 20.8 Å². The molecule has 3 amide bonds. The molecule has 0 spiro atoms. The van der Waals surface area contributed by atoms with Crippen LogP contribution >= 0.6 is 0 Å². The number of piperidine rings is 1. The number of primary amides is 1. The molecule has 1 aliphatic carbocycles. The van der Waals surface area contributed by atoms with Crippen LogP contribution in [0.2, 0.25) is 0 Å². The first-order valence-corrected chi connectivity index (χ1v) is 10.8. The van der Waals surface area contributed by atoms with Gasteiger partial charge in [0, 0.05) is 24.6 Å². The van der Waals surface area contributed by atoms with E-state index in [1.165, 1.54) is 4.90 Å². The Balaban J connectivity index is 1.78. The molecule has 4 unspecified atom stereocenters. The van der Waals surface area contributed by atoms with E-state index in [2.05, 4.69) is 5.32 Å². The van der Waals surface area contributed by atoms with E-state index < -0.39 is 53.3 Å². The average molecular weight is 454 g/mol. The number of hydrogen-bond donors (Lipinski definition) is 3. The summed E-state index contributed by atoms with van der Waals surface area (Å²) in [6, 6.07) is -1.43. The number of nitrogens with one attached hydrogen (secondary N) is 1. The molecule has 0 bridgehead atoms. The summed E-state index contributed by atoms with van der Waals surface area (Å²) in [6.45, 7) is 3.79. The van der Waals surface area contributed by atoms with E-state index in [-0.39, 0.29) is 36.3 Å². The predicted octanol–water partition coefficient (Wildman–Crippen LogP) is 1.37. The lowest BCUT2D eigenvalue weighted by Crippen LogP contribution is -2.51. The van der Waals surface area contributed by atoms with Crippen LogP contribution in [-0.4, -0.2) is 46.8 Å². The van der Waals surface area contributed by atoms with E-state index in [0.717, 1.165) is 6.42 Å². The Morgan fingerprint density at radius 2 is 1.78 bits per heavy atom. The van der Waals surface area contributed by atoms with Gasteiger partial charge in [0.15, 0.2) is 11.6 Å². The Hall–Kier alpha value is -2.62. The molecule has 1 aliphatic heterocycles. The number of amides is 3. The average Bonchev–Trinajstić information content (AvgIpc) is 3.34. The van der Waals surface area contributed by atoms with Crippen molar-refractivity contribution in [2.45, 2.75) is 70.1 Å². The SMILES string of the molecule is CC(C)CC(N)C(=O)N[C@@H](CC(=O)N1C(C(N)=O)CC2CC21)Cc1cc(F)c(F)cc1F. The van der Waals surface area contributed by atoms with E-state index >= 15 is 0 Å². The Kier molecular flexibility index (Phi) is 7.12. The van der Waals surface area contributed by atoms with Crippen molar-refractivity contribution in [3.63, 3.8) is 0 Å². The van der Waals surface area contributed by atoms with Gasteiger partial charge in [-0.2, -0.15) is 0 Å². The number of rotatable bonds is 9. The molecule has 2 fully saturated rings. The lowest BCUT2D eigenvalue weighted by Gasteiger charge is -2.28. The maximum absolute atomic E-state index is 14.2. The molecule has 1 aromatic rings. The first-order chi connectivity index (χ1) is 15.0. The second-order valence-electron chi connectivity index (χ2n) is 9.23. The van der Waals surface area contributed by atoms with Crippen LogP contribution in [0.15, 0.2) is 12.1 Å². The summed E-state index contributed by atoms with van der Waals surface area (Å²) in [5.74, 6) is -4.72. The monoisotopic (exact) mass is 454 g/mol. The number of nitrogens with two attached hydrogens (primary N) is 2. The van der Waals surface area contributed by atoms with Gasteiger partial charge >= 0.3 is 0 Å². The van der Waals surface area contributed by atoms with Crippen molar-refractivity contribution in [3.8, 4) is 0 Å². The molecule has 1 saturated heterocycles. The fourth-order valence-corrected chi connectivity index (χ4v) is 4.47. The topological polar surface area (TPSA) is 119 Å². The largest absolute Gasteiger partial charge is 0.368 e. The van der Waals surface area contributed by atoms with Crippen molar-refractivity contribution in [2.75, 3.05) is 0 Å². The standard InChI is InChI=1S/C22H29F3N4O3/c1-10(2)3-17(26)22(32)28-13(4-11-5-15(24)16(25)9-14(11)23)8-20(30)29-18-6-12(18)7-19(29)21(27)31/h5,9-10,12-13,17-19H,3-4,6-8,26H2,1-2H3,(H2,27,31)(H,28,32)/t12?,13-,17?,18?,19?/m1/s1. The van der Waals surface area contributed by atoms with Crippen molar-refractivity contribution >= 4 is 17.7 Å². The van der Waals surface area contributed by atoms with Crippen molar-refractivity contribution in [1.82, 2.24) is 10.2 Å². The highest BCUT2D eigenvalue weighted by atomic mass is 19.2. The molecular weight excluding hydrogens is 425 g/mol. The van der Waals surface area contributed by atoms with Gasteiger partial charge < -0.3 is 21.7 Å². The summed E-state index contributed by atoms with van der Waals surface area (Å²) in [4.78, 5) is 38.8. The first kappa shape index (κ1) is 24.0. The lowest BCUT2D eigenvalue weighted by atomic mass is 9.99. The summed E-state index contributed by atoms with van der Waals surface area (Å²) in [5, 5.41) is 2.65. The molecular formula is C22H29F3N4O3. The van der Waals surface area contributed by atoms with E-state index in [0.29, 0.717) is 25.0 Å². The van der Waals surface area contributed by atoms with E-state index in [4.69, 9.17) is 11.5 Å². The number of halogens is 3. The van der Waals surface area contributed by atoms with Gasteiger partial charge in [0.2, 0.25) is 17.7 Å². The normalized spacial score (nSPS) is 23.6. The summed E-state index contributed by atoms with van der Waals surface area (Å²) >= 11 is 0. The Morgan fingerprint density at radius 1 is 1.12 bits per heavy atom. The number of carbonyl (C=O) groups excluding carboxylic acids is 3. The van der Waals surface area contributed by atoms with Crippen LogP contribution in [0.3, 0.4) is 0 Å². The van der Waals surface area contributed by atoms with Crippen LogP contribution in [0.4, 0.5) is 13.2 Å². The molecule has 5 N–H and O–H groups in total. The van der Waals surface area contributed by atoms with Gasteiger partial charge in [-0.3, -0.25) is 14.4 Å². The fraction of sp³-hybridized carbons (Fsp3) is 0.591. The van der Waals surface area contributed by atoms with Crippen molar-refractivity contribution in [2.24, 2.45) is 23.3 Å². The van der Waals surface area contributed by atoms with Crippen LogP contribution in [0.5, 0.6) is 0 Å². The molecule has 0 aromatic heterocycles. The summed E-state index contributed by atoms with van der Waals surface area (Å²) in [5.41, 5.74) is 11.2. The smallest absolute Gasteiger partial charge is 0.240 e. The molecule has 1 heterocycles. The van der Waals surface area contributed by atoms with Crippen molar-refractivity contribution < 1.29 is 27.6 Å². The third kappa shape index (κ3) is 5.40. The van der Waals surface area contributed by atoms with Gasteiger partial charge in [0.25, 0.3) is 0 Å². The lowest BCUT2D eigenvalue weighted by molar-refractivity contribution is -0.139. The molecule has 0 radical (unpaired) electrons. The van der Waals surface area contributed by atoms with Gasteiger partial charge in [-0.15, -0.1) is 0 Å². The summed E-state index contributed by atoms with van der Waals surface area (Å²) < 4.78 is 41.2. The number of carbonyl (C=O) groups is 3. The van der Waals surface area contributed by atoms with Gasteiger partial charge in [0.05, 0.1) is 6.04 Å². The van der Waals surface area contributed by atoms with Crippen molar-refractivity contribution in [1.29, 1.82) is 0 Å². The van der Waals surface area contributed by atoms with E-state index in [1.807, 2.05) is 13.8 Å². The zero-order valence-corrected chi connectivity index (χ0v) is 18.1.